The van der Waals surface area contributed by atoms with E-state index in [0.29, 0.717) is 35.2 Å². The van der Waals surface area contributed by atoms with Crippen molar-refractivity contribution in [3.05, 3.63) is 69.7 Å². The molecule has 0 fully saturated rings. The van der Waals surface area contributed by atoms with Crippen molar-refractivity contribution in [1.29, 1.82) is 0 Å². The van der Waals surface area contributed by atoms with Gasteiger partial charge in [-0.25, -0.2) is 4.39 Å². The molecule has 3 aromatic rings. The fraction of sp³-hybridized carbons (Fsp3) is 0.481. The lowest BCUT2D eigenvalue weighted by Gasteiger charge is -2.27. The second-order valence-corrected chi connectivity index (χ2v) is 11.2. The number of esters is 1. The number of hydrogen-bond acceptors (Lipinski definition) is 6. The van der Waals surface area contributed by atoms with Crippen LogP contribution in [0.2, 0.25) is 0 Å². The smallest absolute Gasteiger partial charge is 0.309 e. The molecule has 0 saturated carbocycles. The van der Waals surface area contributed by atoms with Crippen molar-refractivity contribution in [3.8, 4) is 5.75 Å². The highest BCUT2D eigenvalue weighted by Crippen LogP contribution is 2.34. The minimum absolute atomic E-state index is 0.267. The highest BCUT2D eigenvalue weighted by Gasteiger charge is 2.32. The van der Waals surface area contributed by atoms with Crippen LogP contribution in [0, 0.1) is 17.7 Å². The first kappa shape index (κ1) is 27.8. The average molecular weight is 561 g/mol. The summed E-state index contributed by atoms with van der Waals surface area (Å²) >= 11 is 3.22. The van der Waals surface area contributed by atoms with Crippen LogP contribution in [0.5, 0.6) is 5.75 Å². The minimum atomic E-state index is -0.606. The van der Waals surface area contributed by atoms with E-state index in [4.69, 9.17) is 9.47 Å². The summed E-state index contributed by atoms with van der Waals surface area (Å²) in [6.45, 7) is 10.1. The van der Waals surface area contributed by atoms with Gasteiger partial charge in [0.1, 0.15) is 17.2 Å². The fourth-order valence-corrected chi connectivity index (χ4v) is 4.25. The summed E-state index contributed by atoms with van der Waals surface area (Å²) in [4.78, 5) is 14.6. The molecule has 1 aromatic heterocycles. The van der Waals surface area contributed by atoms with Gasteiger partial charge in [-0.05, 0) is 96.1 Å². The van der Waals surface area contributed by atoms with Crippen LogP contribution >= 0.6 is 15.9 Å². The Hall–Kier alpha value is -2.81. The standard InChI is InChI=1S/C27H34BrFN4O3/c1-17(2)13-20(26(34)36-27(3,4)5)14-22(19-9-12-23(28)24(29)15-19)25-30-32-33(31-25)16-18-7-10-21(35-6)11-8-18/h7-12,15,17,20,22H,13-14,16H2,1-6H3/t20?,22-/m1/s1. The SMILES string of the molecule is COc1ccc(Cn2nnc([C@H](CC(CC(C)C)C(=O)OC(C)(C)C)c3ccc(Br)c(F)c3)n2)cc1. The summed E-state index contributed by atoms with van der Waals surface area (Å²) in [5, 5.41) is 13.2. The lowest BCUT2D eigenvalue weighted by Crippen LogP contribution is -2.30. The van der Waals surface area contributed by atoms with Crippen molar-refractivity contribution >= 4 is 21.9 Å². The predicted molar refractivity (Wildman–Crippen MR) is 139 cm³/mol. The number of tetrazole rings is 1. The summed E-state index contributed by atoms with van der Waals surface area (Å²) in [6, 6.07) is 12.6. The highest BCUT2D eigenvalue weighted by molar-refractivity contribution is 9.10. The molecular formula is C27H34BrFN4O3. The minimum Gasteiger partial charge on any atom is -0.497 e. The van der Waals surface area contributed by atoms with Crippen molar-refractivity contribution in [2.75, 3.05) is 7.11 Å². The van der Waals surface area contributed by atoms with Gasteiger partial charge < -0.3 is 9.47 Å². The third-order valence-electron chi connectivity index (χ3n) is 5.63. The van der Waals surface area contributed by atoms with Crippen LogP contribution in [0.15, 0.2) is 46.9 Å². The van der Waals surface area contributed by atoms with Crippen molar-refractivity contribution in [2.45, 2.75) is 65.5 Å². The van der Waals surface area contributed by atoms with Crippen LogP contribution in [0.3, 0.4) is 0 Å². The second-order valence-electron chi connectivity index (χ2n) is 10.3. The van der Waals surface area contributed by atoms with E-state index in [-0.39, 0.29) is 17.7 Å². The maximum Gasteiger partial charge on any atom is 0.309 e. The topological polar surface area (TPSA) is 79.1 Å². The summed E-state index contributed by atoms with van der Waals surface area (Å²) in [6.07, 6.45) is 1.01. The Kier molecular flexibility index (Phi) is 9.22. The molecule has 0 aliphatic heterocycles. The van der Waals surface area contributed by atoms with E-state index >= 15 is 0 Å². The Morgan fingerprint density at radius 1 is 1.11 bits per heavy atom. The number of ether oxygens (including phenoxy) is 2. The first-order valence-corrected chi connectivity index (χ1v) is 12.8. The molecule has 2 aromatic carbocycles. The highest BCUT2D eigenvalue weighted by atomic mass is 79.9. The van der Waals surface area contributed by atoms with Gasteiger partial charge in [0.25, 0.3) is 0 Å². The van der Waals surface area contributed by atoms with Crippen LogP contribution in [0.25, 0.3) is 0 Å². The lowest BCUT2D eigenvalue weighted by molar-refractivity contribution is -0.161. The molecule has 0 radical (unpaired) electrons. The van der Waals surface area contributed by atoms with Crippen LogP contribution in [-0.4, -0.2) is 38.9 Å². The molecule has 1 heterocycles. The second kappa shape index (κ2) is 12.0. The molecule has 0 saturated heterocycles. The van der Waals surface area contributed by atoms with E-state index in [0.717, 1.165) is 11.3 Å². The zero-order valence-corrected chi connectivity index (χ0v) is 23.3. The molecule has 9 heteroatoms. The number of hydrogen-bond donors (Lipinski definition) is 0. The Labute approximate surface area is 220 Å². The number of aromatic nitrogens is 4. The van der Waals surface area contributed by atoms with E-state index in [9.17, 15) is 9.18 Å². The molecule has 1 unspecified atom stereocenters. The molecule has 0 bridgehead atoms. The van der Waals surface area contributed by atoms with Gasteiger partial charge >= 0.3 is 5.97 Å². The molecule has 36 heavy (non-hydrogen) atoms. The first-order valence-electron chi connectivity index (χ1n) is 12.0. The van der Waals surface area contributed by atoms with Crippen molar-refractivity contribution in [2.24, 2.45) is 11.8 Å². The van der Waals surface area contributed by atoms with Gasteiger partial charge in [-0.3, -0.25) is 4.79 Å². The number of carbonyl (C=O) groups is 1. The third kappa shape index (κ3) is 7.85. The number of halogens is 2. The molecule has 0 aliphatic rings. The van der Waals surface area contributed by atoms with E-state index in [1.54, 1.807) is 13.2 Å². The number of methoxy groups -OCH3 is 1. The monoisotopic (exact) mass is 560 g/mol. The van der Waals surface area contributed by atoms with Crippen LogP contribution in [0.1, 0.15) is 70.3 Å². The molecular weight excluding hydrogens is 527 g/mol. The van der Waals surface area contributed by atoms with Crippen molar-refractivity contribution in [1.82, 2.24) is 20.2 Å². The predicted octanol–water partition coefficient (Wildman–Crippen LogP) is 6.16. The number of rotatable bonds is 10. The van der Waals surface area contributed by atoms with Gasteiger partial charge in [-0.1, -0.05) is 32.0 Å². The molecule has 0 aliphatic carbocycles. The van der Waals surface area contributed by atoms with Crippen molar-refractivity contribution in [3.63, 3.8) is 0 Å². The summed E-state index contributed by atoms with van der Waals surface area (Å²) in [5.74, 6) is -0.0408. The van der Waals surface area contributed by atoms with Gasteiger partial charge in [-0.15, -0.1) is 10.2 Å². The van der Waals surface area contributed by atoms with E-state index < -0.39 is 17.4 Å². The van der Waals surface area contributed by atoms with Gasteiger partial charge in [0, 0.05) is 5.92 Å². The molecule has 0 amide bonds. The molecule has 3 rings (SSSR count). The number of benzene rings is 2. The first-order chi connectivity index (χ1) is 16.9. The van der Waals surface area contributed by atoms with Gasteiger partial charge in [0.05, 0.1) is 24.0 Å². The summed E-state index contributed by atoms with van der Waals surface area (Å²) in [5.41, 5.74) is 1.06. The molecule has 7 nitrogen and oxygen atoms in total. The van der Waals surface area contributed by atoms with Crippen molar-refractivity contribution < 1.29 is 18.7 Å². The Balaban J connectivity index is 1.93. The normalized spacial score (nSPS) is 13.5. The Morgan fingerprint density at radius 3 is 2.39 bits per heavy atom. The molecule has 194 valence electrons. The third-order valence-corrected chi connectivity index (χ3v) is 6.27. The lowest BCUT2D eigenvalue weighted by atomic mass is 9.84. The molecule has 2 atom stereocenters. The van der Waals surface area contributed by atoms with Gasteiger partial charge in [0.15, 0.2) is 5.82 Å². The van der Waals surface area contributed by atoms with Crippen LogP contribution in [0.4, 0.5) is 4.39 Å². The zero-order valence-electron chi connectivity index (χ0n) is 21.7. The Morgan fingerprint density at radius 2 is 1.81 bits per heavy atom. The number of carbonyl (C=O) groups excluding carboxylic acids is 1. The van der Waals surface area contributed by atoms with Crippen LogP contribution < -0.4 is 4.74 Å². The van der Waals surface area contributed by atoms with E-state index in [2.05, 4.69) is 45.2 Å². The fourth-order valence-electron chi connectivity index (χ4n) is 4.00. The summed E-state index contributed by atoms with van der Waals surface area (Å²) < 4.78 is 25.8. The van der Waals surface area contributed by atoms with Crippen LogP contribution in [-0.2, 0) is 16.1 Å². The molecule has 0 N–H and O–H groups in total. The maximum atomic E-state index is 14.5. The van der Waals surface area contributed by atoms with Gasteiger partial charge in [0.2, 0.25) is 0 Å². The summed E-state index contributed by atoms with van der Waals surface area (Å²) in [7, 11) is 1.62. The van der Waals surface area contributed by atoms with E-state index in [1.165, 1.54) is 10.9 Å². The quantitative estimate of drug-likeness (QED) is 0.276. The largest absolute Gasteiger partial charge is 0.497 e. The Bertz CT molecular complexity index is 1160. The van der Waals surface area contributed by atoms with E-state index in [1.807, 2.05) is 51.1 Å². The molecule has 0 spiro atoms. The number of nitrogens with zero attached hydrogens (tertiary/aromatic N) is 4. The van der Waals surface area contributed by atoms with Gasteiger partial charge in [-0.2, -0.15) is 4.80 Å². The average Bonchev–Trinajstić information content (AvgIpc) is 3.25. The maximum absolute atomic E-state index is 14.5. The zero-order chi connectivity index (χ0) is 26.5.